The Balaban J connectivity index is 1.70. The summed E-state index contributed by atoms with van der Waals surface area (Å²) < 4.78 is 5.66. The van der Waals surface area contributed by atoms with E-state index in [1.807, 2.05) is 7.05 Å². The van der Waals surface area contributed by atoms with Crippen LogP contribution in [0.4, 0.5) is 0 Å². The van der Waals surface area contributed by atoms with E-state index in [1.165, 1.54) is 25.7 Å². The van der Waals surface area contributed by atoms with Gasteiger partial charge in [-0.3, -0.25) is 9.69 Å². The van der Waals surface area contributed by atoms with Crippen LogP contribution < -0.4 is 10.6 Å². The third-order valence-corrected chi connectivity index (χ3v) is 4.24. The quantitative estimate of drug-likeness (QED) is 0.731. The van der Waals surface area contributed by atoms with Crippen LogP contribution in [0.25, 0.3) is 0 Å². The molecule has 2 N–H and O–H groups in total. The summed E-state index contributed by atoms with van der Waals surface area (Å²) in [6, 6.07) is 0.402. The zero-order valence-corrected chi connectivity index (χ0v) is 12.7. The van der Waals surface area contributed by atoms with Gasteiger partial charge in [0.1, 0.15) is 0 Å². The van der Waals surface area contributed by atoms with Gasteiger partial charge < -0.3 is 15.4 Å². The van der Waals surface area contributed by atoms with Crippen molar-refractivity contribution >= 4 is 5.91 Å². The Morgan fingerprint density at radius 1 is 1.25 bits per heavy atom. The number of ether oxygens (including phenoxy) is 1. The zero-order valence-electron chi connectivity index (χ0n) is 12.7. The van der Waals surface area contributed by atoms with Crippen LogP contribution in [0.5, 0.6) is 0 Å². The monoisotopic (exact) mass is 283 g/mol. The number of morpholine rings is 1. The van der Waals surface area contributed by atoms with Crippen molar-refractivity contribution in [3.05, 3.63) is 0 Å². The maximum Gasteiger partial charge on any atom is 0.234 e. The van der Waals surface area contributed by atoms with Crippen LogP contribution in [0.1, 0.15) is 38.5 Å². The molecule has 1 amide bonds. The van der Waals surface area contributed by atoms with E-state index in [1.54, 1.807) is 0 Å². The molecular formula is C15H29N3O2. The molecule has 1 aliphatic heterocycles. The van der Waals surface area contributed by atoms with Gasteiger partial charge in [0.05, 0.1) is 19.3 Å². The topological polar surface area (TPSA) is 53.6 Å². The van der Waals surface area contributed by atoms with Crippen LogP contribution in [0.15, 0.2) is 0 Å². The molecule has 1 aliphatic carbocycles. The molecule has 0 aromatic heterocycles. The van der Waals surface area contributed by atoms with Gasteiger partial charge in [-0.15, -0.1) is 0 Å². The fraction of sp³-hybridized carbons (Fsp3) is 0.933. The van der Waals surface area contributed by atoms with Gasteiger partial charge in [-0.1, -0.05) is 25.7 Å². The van der Waals surface area contributed by atoms with E-state index in [2.05, 4.69) is 15.5 Å². The molecule has 2 aliphatic rings. The predicted octanol–water partition coefficient (Wildman–Crippen LogP) is 0.746. The average molecular weight is 283 g/mol. The van der Waals surface area contributed by atoms with Gasteiger partial charge in [-0.25, -0.2) is 0 Å². The van der Waals surface area contributed by atoms with Gasteiger partial charge >= 0.3 is 0 Å². The third-order valence-electron chi connectivity index (χ3n) is 4.24. The Bertz CT molecular complexity index is 289. The molecule has 1 saturated heterocycles. The molecule has 116 valence electrons. The lowest BCUT2D eigenvalue weighted by molar-refractivity contribution is -0.125. The summed E-state index contributed by atoms with van der Waals surface area (Å²) in [4.78, 5) is 14.4. The Hall–Kier alpha value is -0.650. The SMILES string of the molecule is CNCC1CN(CC(=O)NC2CCCCCC2)CCO1. The number of likely N-dealkylation sites (N-methyl/N-ethyl adjacent to an activating group) is 1. The third kappa shape index (κ3) is 5.38. The summed E-state index contributed by atoms with van der Waals surface area (Å²) in [6.45, 7) is 3.79. The van der Waals surface area contributed by atoms with Crippen LogP contribution in [-0.2, 0) is 9.53 Å². The Morgan fingerprint density at radius 3 is 2.70 bits per heavy atom. The van der Waals surface area contributed by atoms with E-state index in [-0.39, 0.29) is 12.0 Å². The molecule has 5 nitrogen and oxygen atoms in total. The van der Waals surface area contributed by atoms with Crippen molar-refractivity contribution in [2.45, 2.75) is 50.7 Å². The first-order chi connectivity index (χ1) is 9.78. The Morgan fingerprint density at radius 2 is 2.00 bits per heavy atom. The second-order valence-electron chi connectivity index (χ2n) is 6.04. The number of rotatable bonds is 5. The first kappa shape index (κ1) is 15.7. The summed E-state index contributed by atoms with van der Waals surface area (Å²) >= 11 is 0. The zero-order chi connectivity index (χ0) is 14.2. The van der Waals surface area contributed by atoms with E-state index in [4.69, 9.17) is 4.74 Å². The van der Waals surface area contributed by atoms with Crippen LogP contribution in [0.3, 0.4) is 0 Å². The molecule has 1 heterocycles. The van der Waals surface area contributed by atoms with E-state index in [0.29, 0.717) is 12.6 Å². The van der Waals surface area contributed by atoms with E-state index < -0.39 is 0 Å². The minimum absolute atomic E-state index is 0.182. The molecule has 0 aromatic carbocycles. The van der Waals surface area contributed by atoms with Gasteiger partial charge in [0.25, 0.3) is 0 Å². The van der Waals surface area contributed by atoms with Gasteiger partial charge in [0.2, 0.25) is 5.91 Å². The summed E-state index contributed by atoms with van der Waals surface area (Å²) in [5.41, 5.74) is 0. The smallest absolute Gasteiger partial charge is 0.234 e. The molecule has 2 fully saturated rings. The summed E-state index contributed by atoms with van der Waals surface area (Å²) in [6.07, 6.45) is 7.66. The standard InChI is InChI=1S/C15H29N3O2/c1-16-10-14-11-18(8-9-20-14)12-15(19)17-13-6-4-2-3-5-7-13/h13-14,16H,2-12H2,1H3,(H,17,19). The Labute approximate surface area is 122 Å². The maximum absolute atomic E-state index is 12.1. The van der Waals surface area contributed by atoms with E-state index >= 15 is 0 Å². The van der Waals surface area contributed by atoms with Crippen molar-refractivity contribution in [1.29, 1.82) is 0 Å². The van der Waals surface area contributed by atoms with Crippen molar-refractivity contribution in [1.82, 2.24) is 15.5 Å². The van der Waals surface area contributed by atoms with Crippen molar-refractivity contribution in [3.8, 4) is 0 Å². The number of amides is 1. The summed E-state index contributed by atoms with van der Waals surface area (Å²) in [5, 5.41) is 6.35. The fourth-order valence-corrected chi connectivity index (χ4v) is 3.18. The molecule has 5 heteroatoms. The molecule has 2 rings (SSSR count). The first-order valence-electron chi connectivity index (χ1n) is 8.06. The minimum atomic E-state index is 0.182. The highest BCUT2D eigenvalue weighted by atomic mass is 16.5. The molecule has 1 atom stereocenters. The minimum Gasteiger partial charge on any atom is -0.374 e. The Kier molecular flexibility index (Phi) is 6.76. The number of hydrogen-bond donors (Lipinski definition) is 2. The summed E-state index contributed by atoms with van der Waals surface area (Å²) in [7, 11) is 1.93. The normalized spacial score (nSPS) is 26.1. The number of nitrogens with zero attached hydrogens (tertiary/aromatic N) is 1. The highest BCUT2D eigenvalue weighted by Crippen LogP contribution is 2.17. The largest absolute Gasteiger partial charge is 0.374 e. The lowest BCUT2D eigenvalue weighted by Crippen LogP contribution is -2.50. The lowest BCUT2D eigenvalue weighted by atomic mass is 10.1. The molecule has 20 heavy (non-hydrogen) atoms. The van der Waals surface area contributed by atoms with Crippen molar-refractivity contribution in [2.24, 2.45) is 0 Å². The van der Waals surface area contributed by atoms with E-state index in [0.717, 1.165) is 39.1 Å². The second-order valence-corrected chi connectivity index (χ2v) is 6.04. The molecule has 1 saturated carbocycles. The van der Waals surface area contributed by atoms with Gasteiger partial charge in [0, 0.05) is 25.7 Å². The first-order valence-corrected chi connectivity index (χ1v) is 8.06. The molecule has 0 aromatic rings. The van der Waals surface area contributed by atoms with Crippen molar-refractivity contribution in [2.75, 3.05) is 39.8 Å². The molecule has 0 spiro atoms. The fourth-order valence-electron chi connectivity index (χ4n) is 3.18. The average Bonchev–Trinajstić information content (AvgIpc) is 2.68. The van der Waals surface area contributed by atoms with Crippen molar-refractivity contribution in [3.63, 3.8) is 0 Å². The van der Waals surface area contributed by atoms with Gasteiger partial charge in [-0.2, -0.15) is 0 Å². The van der Waals surface area contributed by atoms with Gasteiger partial charge in [0.15, 0.2) is 0 Å². The lowest BCUT2D eigenvalue weighted by Gasteiger charge is -2.32. The predicted molar refractivity (Wildman–Crippen MR) is 79.7 cm³/mol. The van der Waals surface area contributed by atoms with Crippen LogP contribution in [-0.4, -0.2) is 62.8 Å². The number of carbonyl (C=O) groups is 1. The van der Waals surface area contributed by atoms with Crippen LogP contribution in [0.2, 0.25) is 0 Å². The molecule has 1 unspecified atom stereocenters. The number of nitrogens with one attached hydrogen (secondary N) is 2. The van der Waals surface area contributed by atoms with E-state index in [9.17, 15) is 4.79 Å². The number of hydrogen-bond acceptors (Lipinski definition) is 4. The highest BCUT2D eigenvalue weighted by Gasteiger charge is 2.22. The second kappa shape index (κ2) is 8.60. The molecule has 0 radical (unpaired) electrons. The highest BCUT2D eigenvalue weighted by molar-refractivity contribution is 5.78. The van der Waals surface area contributed by atoms with Crippen LogP contribution in [0, 0.1) is 0 Å². The van der Waals surface area contributed by atoms with Crippen molar-refractivity contribution < 1.29 is 9.53 Å². The molecule has 0 bridgehead atoms. The molecular weight excluding hydrogens is 254 g/mol. The summed E-state index contributed by atoms with van der Waals surface area (Å²) in [5.74, 6) is 0.182. The van der Waals surface area contributed by atoms with Crippen LogP contribution >= 0.6 is 0 Å². The number of carbonyl (C=O) groups excluding carboxylic acids is 1. The van der Waals surface area contributed by atoms with Gasteiger partial charge in [-0.05, 0) is 19.9 Å². The maximum atomic E-state index is 12.1.